The average molecular weight is 332 g/mol. The van der Waals surface area contributed by atoms with Gasteiger partial charge in [0.25, 0.3) is 0 Å². The molecule has 24 heavy (non-hydrogen) atoms. The molecule has 0 unspecified atom stereocenters. The minimum atomic E-state index is -0.353. The minimum Gasteiger partial charge on any atom is -0.496 e. The van der Waals surface area contributed by atoms with E-state index in [1.807, 2.05) is 32.0 Å². The van der Waals surface area contributed by atoms with E-state index in [2.05, 4.69) is 10.6 Å². The number of hydrogen-bond acceptors (Lipinski definition) is 3. The Bertz CT molecular complexity index is 678. The van der Waals surface area contributed by atoms with E-state index >= 15 is 0 Å². The van der Waals surface area contributed by atoms with E-state index in [-0.39, 0.29) is 36.2 Å². The van der Waals surface area contributed by atoms with Crippen molar-refractivity contribution in [1.29, 1.82) is 0 Å². The van der Waals surface area contributed by atoms with E-state index in [4.69, 9.17) is 4.74 Å². The van der Waals surface area contributed by atoms with E-state index in [0.717, 1.165) is 16.9 Å². The Labute approximate surface area is 141 Å². The maximum absolute atomic E-state index is 12.5. The molecule has 130 valence electrons. The van der Waals surface area contributed by atoms with Crippen LogP contribution in [0.5, 0.6) is 5.75 Å². The third kappa shape index (κ3) is 2.44. The summed E-state index contributed by atoms with van der Waals surface area (Å²) >= 11 is 0. The molecule has 2 aliphatic heterocycles. The van der Waals surface area contributed by atoms with Crippen molar-refractivity contribution in [2.45, 2.75) is 32.1 Å². The second kappa shape index (κ2) is 5.89. The Morgan fingerprint density at radius 3 is 2.42 bits per heavy atom. The molecule has 2 saturated heterocycles. The van der Waals surface area contributed by atoms with Crippen LogP contribution in [-0.4, -0.2) is 55.3 Å². The first-order valence-electron chi connectivity index (χ1n) is 8.06. The smallest absolute Gasteiger partial charge is 0.319 e. The number of carbonyl (C=O) groups excluding carboxylic acids is 2. The van der Waals surface area contributed by atoms with Crippen LogP contribution in [-0.2, 0) is 0 Å². The zero-order valence-corrected chi connectivity index (χ0v) is 14.7. The van der Waals surface area contributed by atoms with Gasteiger partial charge in [0.1, 0.15) is 11.9 Å². The molecule has 2 aliphatic rings. The SMILES string of the molecule is COc1cc(C)ccc1[C@H]1[C@H]2[C@@H](NC(=O)N1C)N(C)C(=O)N[C@@H]2C. The van der Waals surface area contributed by atoms with Crippen molar-refractivity contribution >= 4 is 12.1 Å². The summed E-state index contributed by atoms with van der Waals surface area (Å²) in [6.45, 7) is 3.98. The van der Waals surface area contributed by atoms with Crippen LogP contribution in [0.25, 0.3) is 0 Å². The predicted molar refractivity (Wildman–Crippen MR) is 89.8 cm³/mol. The van der Waals surface area contributed by atoms with Crippen molar-refractivity contribution < 1.29 is 14.3 Å². The van der Waals surface area contributed by atoms with Crippen LogP contribution in [0.1, 0.15) is 24.1 Å². The van der Waals surface area contributed by atoms with Crippen molar-refractivity contribution in [2.75, 3.05) is 21.2 Å². The standard InChI is InChI=1S/C17H24N4O3/c1-9-6-7-11(12(8-9)24-5)14-13-10(2)18-16(22)21(4)15(13)19-17(23)20(14)3/h6-8,10,13-15H,1-5H3,(H,18,22)(H,19,23)/t10-,13+,14+,15+/m1/s1. The van der Waals surface area contributed by atoms with Gasteiger partial charge in [-0.25, -0.2) is 9.59 Å². The lowest BCUT2D eigenvalue weighted by atomic mass is 9.80. The summed E-state index contributed by atoms with van der Waals surface area (Å²) in [4.78, 5) is 27.8. The normalized spacial score (nSPS) is 29.7. The van der Waals surface area contributed by atoms with Crippen LogP contribution in [0.2, 0.25) is 0 Å². The number of hydrogen-bond donors (Lipinski definition) is 2. The third-order valence-corrected chi connectivity index (χ3v) is 5.11. The Morgan fingerprint density at radius 1 is 1.08 bits per heavy atom. The zero-order valence-electron chi connectivity index (χ0n) is 14.7. The van der Waals surface area contributed by atoms with Crippen molar-refractivity contribution in [3.63, 3.8) is 0 Å². The second-order valence-electron chi connectivity index (χ2n) is 6.62. The number of methoxy groups -OCH3 is 1. The fourth-order valence-electron chi connectivity index (χ4n) is 3.78. The quantitative estimate of drug-likeness (QED) is 0.865. The summed E-state index contributed by atoms with van der Waals surface area (Å²) in [7, 11) is 5.11. The molecule has 3 rings (SSSR count). The van der Waals surface area contributed by atoms with E-state index in [9.17, 15) is 9.59 Å². The van der Waals surface area contributed by atoms with Crippen LogP contribution < -0.4 is 15.4 Å². The number of nitrogens with zero attached hydrogens (tertiary/aromatic N) is 2. The summed E-state index contributed by atoms with van der Waals surface area (Å²) < 4.78 is 5.57. The number of fused-ring (bicyclic) bond motifs is 1. The molecular formula is C17H24N4O3. The molecule has 2 N–H and O–H groups in total. The van der Waals surface area contributed by atoms with Crippen LogP contribution in [0.3, 0.4) is 0 Å². The zero-order chi connectivity index (χ0) is 17.6. The number of carbonyl (C=O) groups is 2. The summed E-state index contributed by atoms with van der Waals surface area (Å²) in [6, 6.07) is 5.34. The van der Waals surface area contributed by atoms with Crippen molar-refractivity contribution in [3.8, 4) is 5.75 Å². The molecule has 0 radical (unpaired) electrons. The number of nitrogens with one attached hydrogen (secondary N) is 2. The van der Waals surface area contributed by atoms with Gasteiger partial charge in [-0.05, 0) is 25.5 Å². The Morgan fingerprint density at radius 2 is 1.75 bits per heavy atom. The van der Waals surface area contributed by atoms with E-state index < -0.39 is 0 Å². The Kier molecular flexibility index (Phi) is 4.03. The lowest BCUT2D eigenvalue weighted by Crippen LogP contribution is -2.71. The third-order valence-electron chi connectivity index (χ3n) is 5.11. The van der Waals surface area contributed by atoms with Gasteiger partial charge in [-0.2, -0.15) is 0 Å². The molecule has 4 amide bonds. The van der Waals surface area contributed by atoms with Crippen LogP contribution in [0.4, 0.5) is 9.59 Å². The largest absolute Gasteiger partial charge is 0.496 e. The number of amides is 4. The summed E-state index contributed by atoms with van der Waals surface area (Å²) in [6.07, 6.45) is -0.353. The number of ether oxygens (including phenoxy) is 1. The molecule has 7 nitrogen and oxygen atoms in total. The molecule has 1 aromatic rings. The second-order valence-corrected chi connectivity index (χ2v) is 6.62. The maximum Gasteiger partial charge on any atom is 0.319 e. The van der Waals surface area contributed by atoms with Crippen LogP contribution in [0.15, 0.2) is 18.2 Å². The summed E-state index contributed by atoms with van der Waals surface area (Å²) in [5.74, 6) is 0.749. The lowest BCUT2D eigenvalue weighted by Gasteiger charge is -2.52. The Hall–Kier alpha value is -2.44. The molecule has 1 aromatic carbocycles. The molecule has 0 aromatic heterocycles. The monoisotopic (exact) mass is 332 g/mol. The summed E-state index contributed by atoms with van der Waals surface area (Å²) in [5, 5.41) is 5.92. The van der Waals surface area contributed by atoms with Crippen molar-refractivity contribution in [3.05, 3.63) is 29.3 Å². The highest BCUT2D eigenvalue weighted by Crippen LogP contribution is 2.41. The van der Waals surface area contributed by atoms with E-state index in [1.165, 1.54) is 0 Å². The number of aryl methyl sites for hydroxylation is 1. The van der Waals surface area contributed by atoms with E-state index in [0.29, 0.717) is 0 Å². The molecule has 7 heteroatoms. The van der Waals surface area contributed by atoms with Gasteiger partial charge in [-0.3, -0.25) is 0 Å². The molecule has 2 fully saturated rings. The van der Waals surface area contributed by atoms with Gasteiger partial charge >= 0.3 is 12.1 Å². The van der Waals surface area contributed by atoms with Crippen molar-refractivity contribution in [2.24, 2.45) is 5.92 Å². The first-order chi connectivity index (χ1) is 11.3. The fourth-order valence-corrected chi connectivity index (χ4v) is 3.78. The van der Waals surface area contributed by atoms with Gasteiger partial charge in [-0.1, -0.05) is 12.1 Å². The molecule has 4 atom stereocenters. The summed E-state index contributed by atoms with van der Waals surface area (Å²) in [5.41, 5.74) is 2.05. The number of benzene rings is 1. The van der Waals surface area contributed by atoms with E-state index in [1.54, 1.807) is 31.0 Å². The Balaban J connectivity index is 2.10. The molecule has 0 spiro atoms. The predicted octanol–water partition coefficient (Wildman–Crippen LogP) is 1.69. The number of rotatable bonds is 2. The molecule has 0 bridgehead atoms. The van der Waals surface area contributed by atoms with Gasteiger partial charge in [0.15, 0.2) is 0 Å². The first-order valence-corrected chi connectivity index (χ1v) is 8.06. The highest BCUT2D eigenvalue weighted by Gasteiger charge is 2.50. The van der Waals surface area contributed by atoms with Gasteiger partial charge in [0.05, 0.1) is 13.2 Å². The molecular weight excluding hydrogens is 308 g/mol. The fraction of sp³-hybridized carbons (Fsp3) is 0.529. The number of urea groups is 2. The van der Waals surface area contributed by atoms with Crippen LogP contribution in [0, 0.1) is 12.8 Å². The maximum atomic E-state index is 12.5. The van der Waals surface area contributed by atoms with Crippen LogP contribution >= 0.6 is 0 Å². The lowest BCUT2D eigenvalue weighted by molar-refractivity contribution is 0.0241. The molecule has 0 saturated carbocycles. The minimum absolute atomic E-state index is 0.00740. The van der Waals surface area contributed by atoms with Gasteiger partial charge in [-0.15, -0.1) is 0 Å². The topological polar surface area (TPSA) is 73.9 Å². The van der Waals surface area contributed by atoms with Crippen molar-refractivity contribution in [1.82, 2.24) is 20.4 Å². The highest BCUT2D eigenvalue weighted by molar-refractivity contribution is 5.80. The van der Waals surface area contributed by atoms with Gasteiger partial charge in [0, 0.05) is 31.6 Å². The average Bonchev–Trinajstić information content (AvgIpc) is 2.54. The molecule has 0 aliphatic carbocycles. The van der Waals surface area contributed by atoms with Gasteiger partial charge in [0.2, 0.25) is 0 Å². The highest BCUT2D eigenvalue weighted by atomic mass is 16.5. The first kappa shape index (κ1) is 16.4. The molecule has 2 heterocycles. The van der Waals surface area contributed by atoms with Gasteiger partial charge < -0.3 is 25.2 Å².